The first kappa shape index (κ1) is 40.7. The van der Waals surface area contributed by atoms with Crippen LogP contribution in [0.5, 0.6) is 0 Å². The third kappa shape index (κ3) is 8.90. The number of rotatable bonds is 8. The second-order valence-electron chi connectivity index (χ2n) is 13.1. The van der Waals surface area contributed by atoms with Crippen molar-refractivity contribution in [3.05, 3.63) is 95.4 Å². The van der Waals surface area contributed by atoms with Crippen LogP contribution in [0.1, 0.15) is 59.7 Å². The highest BCUT2D eigenvalue weighted by Gasteiger charge is 2.33. The Morgan fingerprint density at radius 1 is 0.589 bits per heavy atom. The quantitative estimate of drug-likeness (QED) is 0.142. The minimum Gasteiger partial charge on any atom is -0.478 e. The van der Waals surface area contributed by atoms with Gasteiger partial charge in [-0.25, -0.2) is 29.5 Å². The SMILES string of the molecule is CC(C)N(C)c1nc2cc(C(=O)O)ccc2nc1-c1ccc(C(F)(F)F)cn1.CC(C)N(C)c1nc2cc(C(=O)O)ccc2nc1-c1ccc(C(F)(F)F)nc1. The van der Waals surface area contributed by atoms with Crippen molar-refractivity contribution < 1.29 is 46.1 Å². The Balaban J connectivity index is 0.000000214. The van der Waals surface area contributed by atoms with Gasteiger partial charge < -0.3 is 20.0 Å². The molecule has 0 fully saturated rings. The Labute approximate surface area is 315 Å². The van der Waals surface area contributed by atoms with Gasteiger partial charge in [-0.15, -0.1) is 0 Å². The first-order valence-electron chi connectivity index (χ1n) is 16.8. The van der Waals surface area contributed by atoms with Crippen molar-refractivity contribution in [2.24, 2.45) is 0 Å². The average molecular weight is 781 g/mol. The van der Waals surface area contributed by atoms with Gasteiger partial charge in [-0.3, -0.25) is 9.97 Å². The largest absolute Gasteiger partial charge is 0.478 e. The first-order valence-corrected chi connectivity index (χ1v) is 16.8. The maximum absolute atomic E-state index is 12.8. The monoisotopic (exact) mass is 780 g/mol. The van der Waals surface area contributed by atoms with Gasteiger partial charge in [0, 0.05) is 44.1 Å². The van der Waals surface area contributed by atoms with Gasteiger partial charge in [0.15, 0.2) is 11.6 Å². The van der Waals surface area contributed by atoms with Crippen molar-refractivity contribution in [1.82, 2.24) is 29.9 Å². The van der Waals surface area contributed by atoms with Crippen LogP contribution in [-0.2, 0) is 12.4 Å². The van der Waals surface area contributed by atoms with E-state index < -0.39 is 35.5 Å². The van der Waals surface area contributed by atoms with Gasteiger partial charge in [-0.05, 0) is 88.4 Å². The van der Waals surface area contributed by atoms with Gasteiger partial charge in [-0.1, -0.05) is 0 Å². The molecule has 56 heavy (non-hydrogen) atoms. The van der Waals surface area contributed by atoms with Crippen LogP contribution in [0.25, 0.3) is 44.7 Å². The van der Waals surface area contributed by atoms with E-state index in [1.165, 1.54) is 48.5 Å². The van der Waals surface area contributed by atoms with Crippen LogP contribution in [0, 0.1) is 0 Å². The van der Waals surface area contributed by atoms with E-state index >= 15 is 0 Å². The Morgan fingerprint density at radius 2 is 1.09 bits per heavy atom. The first-order chi connectivity index (χ1) is 26.1. The third-order valence-corrected chi connectivity index (χ3v) is 8.66. The standard InChI is InChI=1S/2C19H17F3N4O2/c1-10(2)26(3)17-16(12-5-7-15(23-9-12)19(20,21)22)24-13-6-4-11(18(27)28)8-14(13)25-17;1-10(2)26(3)17-16(14-7-5-12(9-23-14)19(20,21)22)24-13-6-4-11(18(27)28)8-15(13)25-17/h2*4-10H,1-3H3,(H,27,28). The predicted octanol–water partition coefficient (Wildman–Crippen LogP) is 8.51. The molecule has 0 aliphatic rings. The summed E-state index contributed by atoms with van der Waals surface area (Å²) in [7, 11) is 3.55. The lowest BCUT2D eigenvalue weighted by molar-refractivity contribution is -0.141. The van der Waals surface area contributed by atoms with E-state index in [0.717, 1.165) is 24.5 Å². The molecule has 0 unspecified atom stereocenters. The van der Waals surface area contributed by atoms with E-state index in [1.54, 1.807) is 19.0 Å². The maximum atomic E-state index is 12.8. The smallest absolute Gasteiger partial charge is 0.433 e. The van der Waals surface area contributed by atoms with Gasteiger partial charge >= 0.3 is 24.3 Å². The molecule has 0 atom stereocenters. The second-order valence-corrected chi connectivity index (χ2v) is 13.1. The number of hydrogen-bond donors (Lipinski definition) is 2. The molecule has 4 heterocycles. The third-order valence-electron chi connectivity index (χ3n) is 8.66. The maximum Gasteiger partial charge on any atom is 0.433 e. The molecule has 0 saturated carbocycles. The summed E-state index contributed by atoms with van der Waals surface area (Å²) in [6.45, 7) is 7.69. The number of carboxylic acids is 2. The highest BCUT2D eigenvalue weighted by atomic mass is 19.4. The minimum atomic E-state index is -4.53. The summed E-state index contributed by atoms with van der Waals surface area (Å²) in [5.74, 6) is -1.35. The molecule has 6 aromatic rings. The Morgan fingerprint density at radius 3 is 1.48 bits per heavy atom. The van der Waals surface area contributed by atoms with Crippen molar-refractivity contribution in [2.75, 3.05) is 23.9 Å². The number of hydrogen-bond acceptors (Lipinski definition) is 10. The number of halogens is 6. The fraction of sp³-hybridized carbons (Fsp3) is 0.263. The lowest BCUT2D eigenvalue weighted by Gasteiger charge is -2.25. The Bertz CT molecular complexity index is 2240. The second kappa shape index (κ2) is 15.7. The Kier molecular flexibility index (Phi) is 11.4. The molecule has 2 N–H and O–H groups in total. The zero-order valence-corrected chi connectivity index (χ0v) is 30.6. The molecule has 0 radical (unpaired) electrons. The highest BCUT2D eigenvalue weighted by molar-refractivity contribution is 5.94. The molecule has 18 heteroatoms. The predicted molar refractivity (Wildman–Crippen MR) is 197 cm³/mol. The van der Waals surface area contributed by atoms with E-state index in [-0.39, 0.29) is 28.9 Å². The van der Waals surface area contributed by atoms with Gasteiger partial charge in [0.25, 0.3) is 0 Å². The highest BCUT2D eigenvalue weighted by Crippen LogP contribution is 2.34. The van der Waals surface area contributed by atoms with E-state index in [9.17, 15) is 46.1 Å². The van der Waals surface area contributed by atoms with Crippen molar-refractivity contribution in [1.29, 1.82) is 0 Å². The molecule has 292 valence electrons. The Hall–Kier alpha value is -6.46. The number of aromatic nitrogens is 6. The lowest BCUT2D eigenvalue weighted by atomic mass is 10.1. The lowest BCUT2D eigenvalue weighted by Crippen LogP contribution is -2.27. The summed E-state index contributed by atoms with van der Waals surface area (Å²) in [5.41, 5.74) is 1.22. The molecule has 0 spiro atoms. The molecule has 0 saturated heterocycles. The van der Waals surface area contributed by atoms with Crippen molar-refractivity contribution >= 4 is 45.6 Å². The number of fused-ring (bicyclic) bond motifs is 2. The van der Waals surface area contributed by atoms with Gasteiger partial charge in [-0.2, -0.15) is 26.3 Å². The zero-order chi connectivity index (χ0) is 41.3. The van der Waals surface area contributed by atoms with Crippen LogP contribution in [0.15, 0.2) is 73.1 Å². The molecule has 0 aliphatic heterocycles. The number of alkyl halides is 6. The summed E-state index contributed by atoms with van der Waals surface area (Å²) in [4.78, 5) is 51.6. The summed E-state index contributed by atoms with van der Waals surface area (Å²) in [6, 6.07) is 13.1. The van der Waals surface area contributed by atoms with Crippen LogP contribution in [-0.4, -0.2) is 78.2 Å². The number of carbonyl (C=O) groups is 2. The molecular weight excluding hydrogens is 746 g/mol. The van der Waals surface area contributed by atoms with E-state index in [4.69, 9.17) is 0 Å². The number of pyridine rings is 2. The van der Waals surface area contributed by atoms with Crippen molar-refractivity contribution in [3.8, 4) is 22.6 Å². The van der Waals surface area contributed by atoms with Gasteiger partial charge in [0.2, 0.25) is 0 Å². The summed E-state index contributed by atoms with van der Waals surface area (Å²) in [6.07, 6.45) is -7.14. The van der Waals surface area contributed by atoms with Gasteiger partial charge in [0.1, 0.15) is 17.1 Å². The van der Waals surface area contributed by atoms with E-state index in [2.05, 4.69) is 29.9 Å². The molecular formula is C38H34F6N8O4. The number of carboxylic acid groups (broad SMARTS) is 2. The summed E-state index contributed by atoms with van der Waals surface area (Å²) < 4.78 is 76.9. The summed E-state index contributed by atoms with van der Waals surface area (Å²) in [5, 5.41) is 18.4. The van der Waals surface area contributed by atoms with Crippen LogP contribution in [0.2, 0.25) is 0 Å². The van der Waals surface area contributed by atoms with Crippen molar-refractivity contribution in [2.45, 2.75) is 52.1 Å². The summed E-state index contributed by atoms with van der Waals surface area (Å²) >= 11 is 0. The number of aromatic carboxylic acids is 2. The molecule has 6 rings (SSSR count). The van der Waals surface area contributed by atoms with E-state index in [1.807, 2.05) is 32.6 Å². The average Bonchev–Trinajstić information content (AvgIpc) is 3.15. The molecule has 4 aromatic heterocycles. The molecule has 2 aromatic carbocycles. The van der Waals surface area contributed by atoms with Crippen LogP contribution in [0.4, 0.5) is 38.0 Å². The number of nitrogens with zero attached hydrogens (tertiary/aromatic N) is 8. The van der Waals surface area contributed by atoms with Crippen LogP contribution in [0.3, 0.4) is 0 Å². The van der Waals surface area contributed by atoms with Crippen LogP contribution < -0.4 is 9.80 Å². The normalized spacial score (nSPS) is 11.8. The van der Waals surface area contributed by atoms with Crippen molar-refractivity contribution in [3.63, 3.8) is 0 Å². The molecule has 0 amide bonds. The molecule has 12 nitrogen and oxygen atoms in total. The van der Waals surface area contributed by atoms with Crippen LogP contribution >= 0.6 is 0 Å². The number of anilines is 2. The minimum absolute atomic E-state index is 0.0163. The molecule has 0 bridgehead atoms. The fourth-order valence-corrected chi connectivity index (χ4v) is 5.11. The zero-order valence-electron chi connectivity index (χ0n) is 30.6. The topological polar surface area (TPSA) is 158 Å². The molecule has 0 aliphatic carbocycles. The van der Waals surface area contributed by atoms with Gasteiger partial charge in [0.05, 0.1) is 44.5 Å². The number of benzene rings is 2. The van der Waals surface area contributed by atoms with E-state index in [0.29, 0.717) is 50.7 Å². The fourth-order valence-electron chi connectivity index (χ4n) is 5.11.